The monoisotopic (exact) mass is 690 g/mol. The second-order valence-electron chi connectivity index (χ2n) is 14.9. The van der Waals surface area contributed by atoms with Crippen LogP contribution in [0, 0.1) is 0 Å². The molecule has 8 aromatic rings. The molecule has 0 radical (unpaired) electrons. The zero-order valence-electron chi connectivity index (χ0n) is 31.8. The maximum atomic E-state index is 11.2. The average molecular weight is 691 g/mol. The maximum Gasteiger partial charge on any atom is 0.149 e. The van der Waals surface area contributed by atoms with Crippen molar-refractivity contribution in [2.24, 2.45) is 0 Å². The second kappa shape index (κ2) is 13.7. The van der Waals surface area contributed by atoms with Crippen LogP contribution in [-0.2, 0) is 5.41 Å². The zero-order chi connectivity index (χ0) is 37.6. The van der Waals surface area contributed by atoms with Crippen LogP contribution in [-0.4, -0.2) is 19.6 Å². The predicted molar refractivity (Wildman–Crippen MR) is 220 cm³/mol. The molecular weight excluding hydrogens is 647 g/mol. The molecule has 0 aliphatic carbocycles. The first-order chi connectivity index (χ1) is 26.0. The van der Waals surface area contributed by atoms with E-state index in [1.54, 1.807) is 6.07 Å². The van der Waals surface area contributed by atoms with Crippen molar-refractivity contribution in [2.75, 3.05) is 0 Å². The Kier molecular flexibility index (Phi) is 8.44. The number of aromatic hydroxyl groups is 1. The van der Waals surface area contributed by atoms with Crippen LogP contribution >= 0.6 is 0 Å². The van der Waals surface area contributed by atoms with Crippen molar-refractivity contribution >= 4 is 11.0 Å². The summed E-state index contributed by atoms with van der Waals surface area (Å²) >= 11 is 0. The van der Waals surface area contributed by atoms with Crippen molar-refractivity contribution in [1.29, 1.82) is 0 Å². The Morgan fingerprint density at radius 2 is 1.28 bits per heavy atom. The van der Waals surface area contributed by atoms with E-state index in [9.17, 15) is 6.48 Å². The molecular formula is C49H43N3O. The molecule has 53 heavy (non-hydrogen) atoms. The molecule has 0 bridgehead atoms. The topological polar surface area (TPSA) is 50.9 Å². The van der Waals surface area contributed by atoms with Gasteiger partial charge in [-0.05, 0) is 105 Å². The van der Waals surface area contributed by atoms with Crippen molar-refractivity contribution < 1.29 is 6.48 Å². The van der Waals surface area contributed by atoms with Crippen LogP contribution in [0.5, 0.6) is 5.75 Å². The third-order valence-corrected chi connectivity index (χ3v) is 9.99. The summed E-state index contributed by atoms with van der Waals surface area (Å²) in [6.07, 6.45) is 1.89. The van der Waals surface area contributed by atoms with E-state index in [1.807, 2.05) is 62.5 Å². The number of imidazole rings is 1. The Hall–Kier alpha value is -6.26. The summed E-state index contributed by atoms with van der Waals surface area (Å²) in [7, 11) is 0. The van der Waals surface area contributed by atoms with Gasteiger partial charge in [0.25, 0.3) is 0 Å². The number of phenolic OH excluding ortho intramolecular Hbond substituents is 1. The minimum Gasteiger partial charge on any atom is -0.507 e. The van der Waals surface area contributed by atoms with Gasteiger partial charge >= 0.3 is 0 Å². The minimum atomic E-state index is -0.882. The fourth-order valence-electron chi connectivity index (χ4n) is 7.15. The molecule has 4 heteroatoms. The summed E-state index contributed by atoms with van der Waals surface area (Å²) in [4.78, 5) is 10.2. The first-order valence-corrected chi connectivity index (χ1v) is 18.1. The van der Waals surface area contributed by atoms with Gasteiger partial charge in [-0.25, -0.2) is 4.98 Å². The highest BCUT2D eigenvalue weighted by Crippen LogP contribution is 2.41. The molecule has 0 fully saturated rings. The fraction of sp³-hybridized carbons (Fsp3) is 0.143. The number of aromatic nitrogens is 3. The predicted octanol–water partition coefficient (Wildman–Crippen LogP) is 12.9. The number of benzene rings is 6. The Balaban J connectivity index is 1.37. The van der Waals surface area contributed by atoms with Crippen LogP contribution < -0.4 is 0 Å². The minimum absolute atomic E-state index is 0.129. The van der Waals surface area contributed by atoms with E-state index in [2.05, 4.69) is 128 Å². The molecule has 0 aliphatic rings. The molecule has 0 unspecified atom stereocenters. The second-order valence-corrected chi connectivity index (χ2v) is 14.9. The van der Waals surface area contributed by atoms with Crippen LogP contribution in [0.15, 0.2) is 158 Å². The molecule has 4 nitrogen and oxygen atoms in total. The third kappa shape index (κ3) is 6.53. The molecule has 0 atom stereocenters. The molecule has 2 heterocycles. The average Bonchev–Trinajstić information content (AvgIpc) is 3.57. The molecule has 260 valence electrons. The summed E-state index contributed by atoms with van der Waals surface area (Å²) in [5.41, 5.74) is 13.5. The van der Waals surface area contributed by atoms with Crippen LogP contribution in [0.25, 0.3) is 72.7 Å². The van der Waals surface area contributed by atoms with E-state index in [4.69, 9.17) is 9.97 Å². The Morgan fingerprint density at radius 3 is 2.00 bits per heavy atom. The van der Waals surface area contributed by atoms with Gasteiger partial charge in [-0.1, -0.05) is 132 Å². The fourth-order valence-corrected chi connectivity index (χ4v) is 7.15. The number of hydrogen-bond acceptors (Lipinski definition) is 3. The Labute approximate surface area is 313 Å². The summed E-state index contributed by atoms with van der Waals surface area (Å²) in [6.45, 7) is 10.6. The molecule has 8 rings (SSSR count). The van der Waals surface area contributed by atoms with E-state index in [0.717, 1.165) is 66.9 Å². The van der Waals surface area contributed by atoms with Gasteiger partial charge in [0.2, 0.25) is 0 Å². The van der Waals surface area contributed by atoms with Crippen molar-refractivity contribution in [3.05, 3.63) is 169 Å². The molecule has 2 aromatic heterocycles. The van der Waals surface area contributed by atoms with Crippen molar-refractivity contribution in [3.8, 4) is 67.5 Å². The highest BCUT2D eigenvalue weighted by atomic mass is 16.3. The number of hydrogen-bond donors (Lipinski definition) is 1. The lowest BCUT2D eigenvalue weighted by Crippen LogP contribution is -2.11. The Bertz CT molecular complexity index is 2630. The SMILES string of the molecule is [2H]C(C)(C)c1cc(-n2c(-c3ccccc3O)nc3c(-c4cc(-c5cc(-c6ccccc6)ccn5)cc(C(C)(C)C)c4)cccc32)ccc1-c1ccccc1. The summed E-state index contributed by atoms with van der Waals surface area (Å²) in [5.74, 6) is -0.104. The summed E-state index contributed by atoms with van der Waals surface area (Å²) in [6, 6.07) is 51.6. The summed E-state index contributed by atoms with van der Waals surface area (Å²) in [5, 5.41) is 11.2. The van der Waals surface area contributed by atoms with E-state index in [-0.39, 0.29) is 11.2 Å². The van der Waals surface area contributed by atoms with Crippen LogP contribution in [0.1, 0.15) is 53.0 Å². The molecule has 1 N–H and O–H groups in total. The third-order valence-electron chi connectivity index (χ3n) is 9.99. The smallest absolute Gasteiger partial charge is 0.149 e. The lowest BCUT2D eigenvalue weighted by atomic mass is 9.83. The Morgan fingerprint density at radius 1 is 0.604 bits per heavy atom. The molecule has 6 aromatic carbocycles. The highest BCUT2D eigenvalue weighted by molar-refractivity contribution is 5.97. The number of rotatable bonds is 7. The number of nitrogens with zero attached hydrogens (tertiary/aromatic N) is 3. The van der Waals surface area contributed by atoms with Gasteiger partial charge in [-0.3, -0.25) is 9.55 Å². The largest absolute Gasteiger partial charge is 0.507 e. The van der Waals surface area contributed by atoms with E-state index < -0.39 is 5.89 Å². The number of phenols is 1. The molecule has 0 spiro atoms. The van der Waals surface area contributed by atoms with Gasteiger partial charge < -0.3 is 5.11 Å². The first-order valence-electron chi connectivity index (χ1n) is 18.6. The summed E-state index contributed by atoms with van der Waals surface area (Å²) < 4.78 is 11.3. The number of pyridine rings is 1. The lowest BCUT2D eigenvalue weighted by Gasteiger charge is -2.22. The molecule has 0 aliphatic heterocycles. The van der Waals surface area contributed by atoms with Gasteiger partial charge in [0, 0.05) is 24.4 Å². The van der Waals surface area contributed by atoms with Crippen molar-refractivity contribution in [3.63, 3.8) is 0 Å². The maximum absolute atomic E-state index is 11.2. The molecule has 0 saturated heterocycles. The number of fused-ring (bicyclic) bond motifs is 1. The van der Waals surface area contributed by atoms with Gasteiger partial charge in [0.1, 0.15) is 11.6 Å². The molecule has 0 saturated carbocycles. The van der Waals surface area contributed by atoms with Gasteiger partial charge in [0.15, 0.2) is 0 Å². The zero-order valence-corrected chi connectivity index (χ0v) is 30.8. The quantitative estimate of drug-likeness (QED) is 0.181. The normalized spacial score (nSPS) is 12.2. The first kappa shape index (κ1) is 32.6. The highest BCUT2D eigenvalue weighted by Gasteiger charge is 2.23. The van der Waals surface area contributed by atoms with E-state index in [0.29, 0.717) is 11.4 Å². The van der Waals surface area contributed by atoms with Gasteiger partial charge in [-0.2, -0.15) is 0 Å². The van der Waals surface area contributed by atoms with Crippen LogP contribution in [0.2, 0.25) is 0 Å². The number of para-hydroxylation sites is 2. The standard InChI is InChI=1S/C49H43N3O/c1-32(2)43-31-39(23-24-40(43)34-17-10-7-11-18-34)52-45-21-14-20-41(47(45)51-48(52)42-19-12-13-22-46(42)53)36-27-37(29-38(28-36)49(3,4)5)44-30-35(25-26-50-44)33-15-8-6-9-16-33/h6-32,53H,1-5H3/i32D. The van der Waals surface area contributed by atoms with Gasteiger partial charge in [-0.15, -0.1) is 0 Å². The van der Waals surface area contributed by atoms with Gasteiger partial charge in [0.05, 0.1) is 22.3 Å². The van der Waals surface area contributed by atoms with Crippen LogP contribution in [0.3, 0.4) is 0 Å². The van der Waals surface area contributed by atoms with E-state index >= 15 is 0 Å². The van der Waals surface area contributed by atoms with Crippen molar-refractivity contribution in [2.45, 2.75) is 45.9 Å². The lowest BCUT2D eigenvalue weighted by molar-refractivity contribution is 0.477. The van der Waals surface area contributed by atoms with Crippen molar-refractivity contribution in [1.82, 2.24) is 14.5 Å². The molecule has 0 amide bonds. The van der Waals surface area contributed by atoms with Crippen LogP contribution in [0.4, 0.5) is 0 Å². The van der Waals surface area contributed by atoms with E-state index in [1.165, 1.54) is 5.56 Å².